The zero-order chi connectivity index (χ0) is 18.7. The van der Waals surface area contributed by atoms with E-state index in [0.717, 1.165) is 16.8 Å². The molecule has 2 N–H and O–H groups in total. The van der Waals surface area contributed by atoms with Gasteiger partial charge in [0.05, 0.1) is 27.9 Å². The number of carbonyl (C=O) groups is 1. The van der Waals surface area contributed by atoms with Crippen LogP contribution in [-0.2, 0) is 0 Å². The van der Waals surface area contributed by atoms with Crippen LogP contribution in [0, 0.1) is 0 Å². The second kappa shape index (κ2) is 7.89. The molecular weight excluding hydrogens is 371 g/mol. The van der Waals surface area contributed by atoms with Gasteiger partial charge in [0.15, 0.2) is 0 Å². The van der Waals surface area contributed by atoms with Gasteiger partial charge in [0.1, 0.15) is 0 Å². The van der Waals surface area contributed by atoms with Crippen LogP contribution in [0.25, 0.3) is 5.70 Å². The van der Waals surface area contributed by atoms with Crippen LogP contribution in [0.4, 0.5) is 0 Å². The minimum absolute atomic E-state index is 0.169. The minimum atomic E-state index is -0.169. The first-order valence-corrected chi connectivity index (χ1v) is 8.87. The average molecular weight is 389 g/mol. The van der Waals surface area contributed by atoms with Gasteiger partial charge in [0.25, 0.3) is 5.91 Å². The van der Waals surface area contributed by atoms with Gasteiger partial charge in [-0.25, -0.2) is 0 Å². The van der Waals surface area contributed by atoms with Gasteiger partial charge < -0.3 is 10.6 Å². The largest absolute Gasteiger partial charge is 0.398 e. The monoisotopic (exact) mass is 388 g/mol. The van der Waals surface area contributed by atoms with Gasteiger partial charge >= 0.3 is 0 Å². The van der Waals surface area contributed by atoms with Crippen molar-refractivity contribution in [2.75, 3.05) is 20.1 Å². The van der Waals surface area contributed by atoms with Gasteiger partial charge in [-0.15, -0.1) is 0 Å². The Labute approximate surface area is 162 Å². The Hall–Kier alpha value is -2.37. The smallest absolute Gasteiger partial charge is 0.255 e. The number of likely N-dealkylation sites (tertiary alicyclic amines) is 1. The SMILES string of the molecule is CN=C1CN(C(=O)c2cccc(Cl)c2Cl)CCC1=C(N)c1cccnc1. The van der Waals surface area contributed by atoms with Crippen molar-refractivity contribution in [1.82, 2.24) is 9.88 Å². The van der Waals surface area contributed by atoms with Crippen LogP contribution in [0.2, 0.25) is 10.0 Å². The third-order valence-electron chi connectivity index (χ3n) is 4.36. The van der Waals surface area contributed by atoms with Crippen LogP contribution >= 0.6 is 23.2 Å². The van der Waals surface area contributed by atoms with Gasteiger partial charge in [-0.1, -0.05) is 29.3 Å². The summed E-state index contributed by atoms with van der Waals surface area (Å²) in [6, 6.07) is 8.79. The molecule has 1 aliphatic heterocycles. The molecule has 26 heavy (non-hydrogen) atoms. The molecular formula is C19H18Cl2N4O. The van der Waals surface area contributed by atoms with Crippen molar-refractivity contribution in [2.45, 2.75) is 6.42 Å². The van der Waals surface area contributed by atoms with Gasteiger partial charge in [0.2, 0.25) is 0 Å². The molecule has 1 amide bonds. The summed E-state index contributed by atoms with van der Waals surface area (Å²) in [6.45, 7) is 0.894. The summed E-state index contributed by atoms with van der Waals surface area (Å²) >= 11 is 12.2. The van der Waals surface area contributed by atoms with Crippen LogP contribution in [0.3, 0.4) is 0 Å². The Balaban J connectivity index is 1.87. The van der Waals surface area contributed by atoms with Gasteiger partial charge in [0, 0.05) is 42.8 Å². The van der Waals surface area contributed by atoms with Crippen molar-refractivity contribution < 1.29 is 4.79 Å². The maximum Gasteiger partial charge on any atom is 0.255 e. The first-order valence-electron chi connectivity index (χ1n) is 8.11. The maximum absolute atomic E-state index is 12.9. The number of nitrogens with zero attached hydrogens (tertiary/aromatic N) is 3. The van der Waals surface area contributed by atoms with E-state index in [1.165, 1.54) is 0 Å². The lowest BCUT2D eigenvalue weighted by Gasteiger charge is -2.31. The average Bonchev–Trinajstić information content (AvgIpc) is 2.69. The lowest BCUT2D eigenvalue weighted by molar-refractivity contribution is 0.0776. The number of carbonyl (C=O) groups excluding carboxylic acids is 1. The van der Waals surface area contributed by atoms with Gasteiger partial charge in [-0.2, -0.15) is 0 Å². The Morgan fingerprint density at radius 3 is 2.77 bits per heavy atom. The number of rotatable bonds is 2. The lowest BCUT2D eigenvalue weighted by Crippen LogP contribution is -2.42. The van der Waals surface area contributed by atoms with E-state index in [-0.39, 0.29) is 10.9 Å². The molecule has 0 aliphatic carbocycles. The number of aliphatic imine (C=N–C) groups is 1. The molecule has 5 nitrogen and oxygen atoms in total. The second-order valence-electron chi connectivity index (χ2n) is 5.88. The molecule has 0 radical (unpaired) electrons. The molecule has 2 heterocycles. The third kappa shape index (κ3) is 3.59. The summed E-state index contributed by atoms with van der Waals surface area (Å²) in [6.07, 6.45) is 4.03. The van der Waals surface area contributed by atoms with E-state index in [1.807, 2.05) is 12.1 Å². The summed E-state index contributed by atoms with van der Waals surface area (Å²) in [5.74, 6) is -0.169. The van der Waals surface area contributed by atoms with Crippen molar-refractivity contribution >= 4 is 40.5 Å². The van der Waals surface area contributed by atoms with Crippen LogP contribution in [0.5, 0.6) is 0 Å². The Bertz CT molecular complexity index is 894. The molecule has 7 heteroatoms. The number of hydrogen-bond donors (Lipinski definition) is 1. The van der Waals surface area contributed by atoms with E-state index in [9.17, 15) is 4.79 Å². The lowest BCUT2D eigenvalue weighted by atomic mass is 9.96. The van der Waals surface area contributed by atoms with Gasteiger partial charge in [-0.05, 0) is 30.7 Å². The number of nitrogens with two attached hydrogens (primary N) is 1. The molecule has 1 aromatic heterocycles. The summed E-state index contributed by atoms with van der Waals surface area (Å²) < 4.78 is 0. The fourth-order valence-corrected chi connectivity index (χ4v) is 3.33. The molecule has 0 atom stereocenters. The maximum atomic E-state index is 12.9. The van der Waals surface area contributed by atoms with Crippen LogP contribution in [-0.4, -0.2) is 41.6 Å². The van der Waals surface area contributed by atoms with Crippen LogP contribution in [0.15, 0.2) is 53.3 Å². The molecule has 2 aromatic rings. The number of benzene rings is 1. The fourth-order valence-electron chi connectivity index (χ4n) is 2.95. The number of amides is 1. The highest BCUT2D eigenvalue weighted by Crippen LogP contribution is 2.28. The molecule has 3 rings (SSSR count). The van der Waals surface area contributed by atoms with E-state index < -0.39 is 0 Å². The molecule has 1 aliphatic rings. The second-order valence-corrected chi connectivity index (χ2v) is 6.67. The van der Waals surface area contributed by atoms with Crippen molar-refractivity contribution in [3.05, 3.63) is 69.5 Å². The fraction of sp³-hybridized carbons (Fsp3) is 0.211. The van der Waals surface area contributed by atoms with Crippen LogP contribution < -0.4 is 5.73 Å². The molecule has 1 fully saturated rings. The zero-order valence-corrected chi connectivity index (χ0v) is 15.8. The Morgan fingerprint density at radius 2 is 2.08 bits per heavy atom. The minimum Gasteiger partial charge on any atom is -0.398 e. The Kier molecular flexibility index (Phi) is 5.59. The highest BCUT2D eigenvalue weighted by atomic mass is 35.5. The first-order chi connectivity index (χ1) is 12.5. The predicted molar refractivity (Wildman–Crippen MR) is 106 cm³/mol. The number of pyridine rings is 1. The number of piperidine rings is 1. The third-order valence-corrected chi connectivity index (χ3v) is 5.18. The standard InChI is InChI=1S/C19H18Cl2N4O/c1-23-16-11-25(19(26)14-5-2-6-15(20)17(14)21)9-7-13(16)18(22)12-4-3-8-24-10-12/h2-6,8,10H,7,9,11,22H2,1H3. The topological polar surface area (TPSA) is 71.6 Å². The van der Waals surface area contributed by atoms with E-state index in [0.29, 0.717) is 35.8 Å². The normalized spacial score (nSPS) is 18.1. The number of aromatic nitrogens is 1. The summed E-state index contributed by atoms with van der Waals surface area (Å²) in [5.41, 5.74) is 9.94. The molecule has 134 valence electrons. The van der Waals surface area contributed by atoms with Crippen molar-refractivity contribution in [3.8, 4) is 0 Å². The van der Waals surface area contributed by atoms with Gasteiger partial charge in [-0.3, -0.25) is 14.8 Å². The molecule has 0 saturated carbocycles. The van der Waals surface area contributed by atoms with Crippen molar-refractivity contribution in [2.24, 2.45) is 10.7 Å². The number of hydrogen-bond acceptors (Lipinski definition) is 4. The molecule has 0 spiro atoms. The highest BCUT2D eigenvalue weighted by molar-refractivity contribution is 6.43. The van der Waals surface area contributed by atoms with E-state index in [4.69, 9.17) is 28.9 Å². The van der Waals surface area contributed by atoms with E-state index >= 15 is 0 Å². The summed E-state index contributed by atoms with van der Waals surface area (Å²) in [5, 5.41) is 0.630. The Morgan fingerprint density at radius 1 is 1.27 bits per heavy atom. The van der Waals surface area contributed by atoms with E-state index in [1.54, 1.807) is 42.5 Å². The summed E-state index contributed by atoms with van der Waals surface area (Å²) in [4.78, 5) is 23.0. The van der Waals surface area contributed by atoms with Crippen LogP contribution in [0.1, 0.15) is 22.3 Å². The molecule has 1 saturated heterocycles. The van der Waals surface area contributed by atoms with E-state index in [2.05, 4.69) is 9.98 Å². The molecule has 0 bridgehead atoms. The summed E-state index contributed by atoms with van der Waals surface area (Å²) in [7, 11) is 1.70. The predicted octanol–water partition coefficient (Wildman–Crippen LogP) is 3.68. The molecule has 0 unspecified atom stereocenters. The highest BCUT2D eigenvalue weighted by Gasteiger charge is 2.27. The van der Waals surface area contributed by atoms with Crippen molar-refractivity contribution in [3.63, 3.8) is 0 Å². The molecule has 1 aromatic carbocycles. The quantitative estimate of drug-likeness (QED) is 0.852. The zero-order valence-electron chi connectivity index (χ0n) is 14.2. The van der Waals surface area contributed by atoms with Crippen molar-refractivity contribution in [1.29, 1.82) is 0 Å². The number of halogens is 2. The first kappa shape index (κ1) is 18.4.